The molecule has 0 fully saturated rings. The lowest BCUT2D eigenvalue weighted by Crippen LogP contribution is -2.22. The molecule has 0 saturated heterocycles. The zero-order valence-corrected chi connectivity index (χ0v) is 13.9. The summed E-state index contributed by atoms with van der Waals surface area (Å²) in [6, 6.07) is 5.88. The van der Waals surface area contributed by atoms with Gasteiger partial charge in [0.1, 0.15) is 0 Å². The third kappa shape index (κ3) is 7.88. The second kappa shape index (κ2) is 6.20. The van der Waals surface area contributed by atoms with Crippen molar-refractivity contribution in [3.8, 4) is 0 Å². The van der Waals surface area contributed by atoms with Gasteiger partial charge in [0.2, 0.25) is 10.0 Å². The average Bonchev–Trinajstić information content (AvgIpc) is 2.23. The first-order valence-corrected chi connectivity index (χ1v) is 9.47. The van der Waals surface area contributed by atoms with Crippen LogP contribution in [-0.4, -0.2) is 22.6 Å². The minimum absolute atomic E-state index is 0.0106. The summed E-state index contributed by atoms with van der Waals surface area (Å²) in [4.78, 5) is 0. The molecule has 1 aromatic rings. The molecular formula is C12H21N3O4S2. The summed E-state index contributed by atoms with van der Waals surface area (Å²) in [7, 11) is -7.38. The van der Waals surface area contributed by atoms with Gasteiger partial charge in [0.15, 0.2) is 0 Å². The van der Waals surface area contributed by atoms with Gasteiger partial charge in [-0.2, -0.15) is 8.42 Å². The second-order valence-corrected chi connectivity index (χ2v) is 9.10. The van der Waals surface area contributed by atoms with Crippen LogP contribution < -0.4 is 14.6 Å². The standard InChI is InChI=1S/C12H21N3O4S2/c1-12(2,3)7-8-20(16,17)14-10-5-4-6-11(9-10)15-21(13,18)19/h4-6,9,14-15H,7-8H2,1-3H3,(H2,13,18,19). The molecule has 0 spiro atoms. The lowest BCUT2D eigenvalue weighted by atomic mass is 9.94. The number of anilines is 2. The van der Waals surface area contributed by atoms with Crippen LogP contribution in [0.2, 0.25) is 0 Å². The van der Waals surface area contributed by atoms with E-state index < -0.39 is 20.2 Å². The molecular weight excluding hydrogens is 314 g/mol. The molecule has 0 aromatic heterocycles. The van der Waals surface area contributed by atoms with Crippen molar-refractivity contribution in [1.29, 1.82) is 0 Å². The Bertz CT molecular complexity index is 691. The van der Waals surface area contributed by atoms with Gasteiger partial charge in [-0.1, -0.05) is 26.8 Å². The van der Waals surface area contributed by atoms with Gasteiger partial charge in [-0.05, 0) is 30.0 Å². The van der Waals surface area contributed by atoms with Crippen LogP contribution in [0.5, 0.6) is 0 Å². The summed E-state index contributed by atoms with van der Waals surface area (Å²) < 4.78 is 50.3. The average molecular weight is 335 g/mol. The Morgan fingerprint density at radius 1 is 1.05 bits per heavy atom. The molecule has 1 rings (SSSR count). The largest absolute Gasteiger partial charge is 0.296 e. The van der Waals surface area contributed by atoms with E-state index >= 15 is 0 Å². The van der Waals surface area contributed by atoms with Gasteiger partial charge in [0.05, 0.1) is 17.1 Å². The van der Waals surface area contributed by atoms with Crippen LogP contribution in [0, 0.1) is 5.41 Å². The van der Waals surface area contributed by atoms with Crippen molar-refractivity contribution in [2.75, 3.05) is 15.2 Å². The quantitative estimate of drug-likeness (QED) is 0.729. The molecule has 0 heterocycles. The molecule has 0 aliphatic heterocycles. The minimum atomic E-state index is -3.89. The van der Waals surface area contributed by atoms with Crippen molar-refractivity contribution in [2.24, 2.45) is 10.6 Å². The van der Waals surface area contributed by atoms with Crippen LogP contribution in [0.1, 0.15) is 27.2 Å². The third-order valence-electron chi connectivity index (χ3n) is 2.52. The van der Waals surface area contributed by atoms with E-state index in [1.165, 1.54) is 24.3 Å². The highest BCUT2D eigenvalue weighted by atomic mass is 32.2. The molecule has 0 amide bonds. The molecule has 0 unspecified atom stereocenters. The summed E-state index contributed by atoms with van der Waals surface area (Å²) in [6.45, 7) is 5.87. The van der Waals surface area contributed by atoms with Gasteiger partial charge >= 0.3 is 0 Å². The lowest BCUT2D eigenvalue weighted by molar-refractivity contribution is 0.397. The zero-order chi connectivity index (χ0) is 16.3. The molecule has 4 N–H and O–H groups in total. The Balaban J connectivity index is 2.81. The van der Waals surface area contributed by atoms with E-state index in [1.54, 1.807) is 0 Å². The predicted molar refractivity (Wildman–Crippen MR) is 84.7 cm³/mol. The van der Waals surface area contributed by atoms with Gasteiger partial charge in [0.25, 0.3) is 10.2 Å². The summed E-state index contributed by atoms with van der Waals surface area (Å²) in [5, 5.41) is 4.86. The van der Waals surface area contributed by atoms with Crippen molar-refractivity contribution in [1.82, 2.24) is 0 Å². The smallest absolute Gasteiger partial charge is 0.283 e. The molecule has 7 nitrogen and oxygen atoms in total. The van der Waals surface area contributed by atoms with Crippen LogP contribution in [0.3, 0.4) is 0 Å². The maximum absolute atomic E-state index is 12.0. The van der Waals surface area contributed by atoms with Crippen molar-refractivity contribution >= 4 is 31.6 Å². The Morgan fingerprint density at radius 3 is 2.05 bits per heavy atom. The molecule has 0 aliphatic rings. The Hall–Kier alpha value is -1.32. The van der Waals surface area contributed by atoms with Gasteiger partial charge in [0, 0.05) is 0 Å². The third-order valence-corrected chi connectivity index (χ3v) is 4.33. The van der Waals surface area contributed by atoms with Crippen molar-refractivity contribution in [3.63, 3.8) is 0 Å². The maximum atomic E-state index is 12.0. The second-order valence-electron chi connectivity index (χ2n) is 5.96. The first-order valence-electron chi connectivity index (χ1n) is 6.27. The maximum Gasteiger partial charge on any atom is 0.296 e. The summed E-state index contributed by atoms with van der Waals surface area (Å²) in [5.74, 6) is -0.0106. The molecule has 21 heavy (non-hydrogen) atoms. The number of hydrogen-bond acceptors (Lipinski definition) is 4. The Kier molecular flexibility index (Phi) is 5.24. The van der Waals surface area contributed by atoms with E-state index in [1.807, 2.05) is 20.8 Å². The summed E-state index contributed by atoms with van der Waals surface area (Å²) in [5.41, 5.74) is 0.372. The van der Waals surface area contributed by atoms with Crippen molar-refractivity contribution in [3.05, 3.63) is 24.3 Å². The molecule has 1 aromatic carbocycles. The molecule has 0 atom stereocenters. The molecule has 0 radical (unpaired) electrons. The highest BCUT2D eigenvalue weighted by Crippen LogP contribution is 2.21. The fourth-order valence-corrected chi connectivity index (χ4v) is 3.41. The Labute approximate surface area is 126 Å². The topological polar surface area (TPSA) is 118 Å². The van der Waals surface area contributed by atoms with Crippen LogP contribution in [0.15, 0.2) is 24.3 Å². The highest BCUT2D eigenvalue weighted by Gasteiger charge is 2.17. The van der Waals surface area contributed by atoms with E-state index in [2.05, 4.69) is 9.44 Å². The zero-order valence-electron chi connectivity index (χ0n) is 12.3. The van der Waals surface area contributed by atoms with Crippen molar-refractivity contribution < 1.29 is 16.8 Å². The molecule has 9 heteroatoms. The van der Waals surface area contributed by atoms with Gasteiger partial charge in [-0.3, -0.25) is 9.44 Å². The van der Waals surface area contributed by atoms with Gasteiger partial charge < -0.3 is 0 Å². The summed E-state index contributed by atoms with van der Waals surface area (Å²) >= 11 is 0. The number of benzene rings is 1. The first-order chi connectivity index (χ1) is 9.36. The number of nitrogens with one attached hydrogen (secondary N) is 2. The first kappa shape index (κ1) is 17.7. The van der Waals surface area contributed by atoms with Crippen LogP contribution in [0.25, 0.3) is 0 Å². The van der Waals surface area contributed by atoms with Crippen molar-refractivity contribution in [2.45, 2.75) is 27.2 Å². The fourth-order valence-electron chi connectivity index (χ4n) is 1.48. The molecule has 120 valence electrons. The normalized spacial score (nSPS) is 13.0. The monoisotopic (exact) mass is 335 g/mol. The SMILES string of the molecule is CC(C)(C)CCS(=O)(=O)Nc1cccc(NS(N)(=O)=O)c1. The van der Waals surface area contributed by atoms with Crippen LogP contribution in [0.4, 0.5) is 11.4 Å². The number of sulfonamides is 1. The minimum Gasteiger partial charge on any atom is -0.283 e. The highest BCUT2D eigenvalue weighted by molar-refractivity contribution is 7.92. The van der Waals surface area contributed by atoms with Crippen LogP contribution in [-0.2, 0) is 20.2 Å². The molecule has 0 bridgehead atoms. The van der Waals surface area contributed by atoms with E-state index in [0.717, 1.165) is 0 Å². The van der Waals surface area contributed by atoms with Gasteiger partial charge in [-0.25, -0.2) is 13.6 Å². The lowest BCUT2D eigenvalue weighted by Gasteiger charge is -2.18. The Morgan fingerprint density at radius 2 is 1.57 bits per heavy atom. The fraction of sp³-hybridized carbons (Fsp3) is 0.500. The summed E-state index contributed by atoms with van der Waals surface area (Å²) in [6.07, 6.45) is 0.511. The number of rotatable bonds is 6. The predicted octanol–water partition coefficient (Wildman–Crippen LogP) is 1.48. The van der Waals surface area contributed by atoms with Crippen LogP contribution >= 0.6 is 0 Å². The molecule has 0 saturated carbocycles. The van der Waals surface area contributed by atoms with Gasteiger partial charge in [-0.15, -0.1) is 0 Å². The van der Waals surface area contributed by atoms with E-state index in [9.17, 15) is 16.8 Å². The number of hydrogen-bond donors (Lipinski definition) is 3. The van der Waals surface area contributed by atoms with E-state index in [-0.39, 0.29) is 22.5 Å². The van der Waals surface area contributed by atoms with E-state index in [0.29, 0.717) is 6.42 Å². The van der Waals surface area contributed by atoms with E-state index in [4.69, 9.17) is 5.14 Å². The molecule has 0 aliphatic carbocycles. The number of nitrogens with two attached hydrogens (primary N) is 1.